The van der Waals surface area contributed by atoms with Crippen LogP contribution in [0, 0.1) is 5.92 Å². The second-order valence-electron chi connectivity index (χ2n) is 4.79. The van der Waals surface area contributed by atoms with Crippen molar-refractivity contribution in [2.75, 3.05) is 20.2 Å². The summed E-state index contributed by atoms with van der Waals surface area (Å²) in [6.45, 7) is 4.98. The van der Waals surface area contributed by atoms with Crippen molar-refractivity contribution in [3.8, 4) is 0 Å². The van der Waals surface area contributed by atoms with Crippen LogP contribution in [-0.4, -0.2) is 48.2 Å². The van der Waals surface area contributed by atoms with Gasteiger partial charge in [0, 0.05) is 7.05 Å². The van der Waals surface area contributed by atoms with E-state index in [1.54, 1.807) is 11.9 Å². The molecule has 2 N–H and O–H groups in total. The van der Waals surface area contributed by atoms with Crippen LogP contribution in [0.1, 0.15) is 33.1 Å². The highest BCUT2D eigenvalue weighted by Crippen LogP contribution is 2.20. The van der Waals surface area contributed by atoms with Crippen LogP contribution in [0.25, 0.3) is 0 Å². The highest BCUT2D eigenvalue weighted by Gasteiger charge is 2.29. The third-order valence-corrected chi connectivity index (χ3v) is 3.66. The van der Waals surface area contributed by atoms with Crippen LogP contribution in [0.2, 0.25) is 0 Å². The number of hydrogen-bond donors (Lipinski definition) is 2. The van der Waals surface area contributed by atoms with Crippen LogP contribution < -0.4 is 5.32 Å². The number of likely N-dealkylation sites (N-methyl/N-ethyl adjacent to an activating group) is 1. The highest BCUT2D eigenvalue weighted by atomic mass is 16.3. The van der Waals surface area contributed by atoms with Crippen LogP contribution >= 0.6 is 0 Å². The molecule has 0 aromatic carbocycles. The summed E-state index contributed by atoms with van der Waals surface area (Å²) in [4.78, 5) is 13.8. The van der Waals surface area contributed by atoms with Crippen molar-refractivity contribution in [3.63, 3.8) is 0 Å². The molecule has 0 aromatic rings. The number of aliphatic hydroxyl groups is 1. The Morgan fingerprint density at radius 3 is 2.88 bits per heavy atom. The van der Waals surface area contributed by atoms with Gasteiger partial charge < -0.3 is 15.3 Å². The summed E-state index contributed by atoms with van der Waals surface area (Å²) in [6.07, 6.45) is 3.24. The zero-order valence-electron chi connectivity index (χ0n) is 10.6. The van der Waals surface area contributed by atoms with E-state index in [1.165, 1.54) is 6.42 Å². The number of hydrogen-bond acceptors (Lipinski definition) is 3. The van der Waals surface area contributed by atoms with Crippen molar-refractivity contribution in [2.24, 2.45) is 5.92 Å². The normalized spacial score (nSPS) is 27.5. The molecule has 0 saturated carbocycles. The molecule has 1 aliphatic rings. The topological polar surface area (TPSA) is 52.6 Å². The van der Waals surface area contributed by atoms with E-state index in [0.29, 0.717) is 5.92 Å². The molecule has 1 rings (SSSR count). The predicted molar refractivity (Wildman–Crippen MR) is 64.1 cm³/mol. The fourth-order valence-electron chi connectivity index (χ4n) is 2.14. The van der Waals surface area contributed by atoms with Gasteiger partial charge in [-0.05, 0) is 32.2 Å². The Morgan fingerprint density at radius 1 is 1.62 bits per heavy atom. The van der Waals surface area contributed by atoms with Crippen LogP contribution in [0.15, 0.2) is 0 Å². The summed E-state index contributed by atoms with van der Waals surface area (Å²) in [5, 5.41) is 12.3. The molecule has 16 heavy (non-hydrogen) atoms. The second-order valence-corrected chi connectivity index (χ2v) is 4.79. The fraction of sp³-hybridized carbons (Fsp3) is 0.917. The summed E-state index contributed by atoms with van der Waals surface area (Å²) < 4.78 is 0. The number of rotatable bonds is 4. The van der Waals surface area contributed by atoms with Gasteiger partial charge in [-0.25, -0.2) is 0 Å². The average Bonchev–Trinajstić information content (AvgIpc) is 2.36. The first-order valence-electron chi connectivity index (χ1n) is 6.21. The maximum atomic E-state index is 12.1. The molecular formula is C12H24N2O2. The average molecular weight is 228 g/mol. The minimum atomic E-state index is -0.101. The van der Waals surface area contributed by atoms with Gasteiger partial charge in [-0.2, -0.15) is 0 Å². The molecule has 1 amide bonds. The number of piperidine rings is 1. The van der Waals surface area contributed by atoms with Gasteiger partial charge >= 0.3 is 0 Å². The number of nitrogens with one attached hydrogen (secondary N) is 1. The van der Waals surface area contributed by atoms with E-state index in [9.17, 15) is 4.79 Å². The van der Waals surface area contributed by atoms with E-state index >= 15 is 0 Å². The zero-order chi connectivity index (χ0) is 12.1. The van der Waals surface area contributed by atoms with E-state index in [1.807, 2.05) is 6.92 Å². The SMILES string of the molecule is CCC1CCNC(C(=O)N(C)C(C)CO)C1. The first kappa shape index (κ1) is 13.5. The van der Waals surface area contributed by atoms with Crippen LogP contribution in [0.4, 0.5) is 0 Å². The molecule has 94 valence electrons. The lowest BCUT2D eigenvalue weighted by atomic mass is 9.90. The molecule has 0 aromatic heterocycles. The summed E-state index contributed by atoms with van der Waals surface area (Å²) in [6, 6.07) is -0.158. The molecule has 0 spiro atoms. The van der Waals surface area contributed by atoms with Gasteiger partial charge in [0.2, 0.25) is 5.91 Å². The molecule has 3 atom stereocenters. The monoisotopic (exact) mass is 228 g/mol. The predicted octanol–water partition coefficient (Wildman–Crippen LogP) is 0.604. The Hall–Kier alpha value is -0.610. The van der Waals surface area contributed by atoms with E-state index in [4.69, 9.17) is 5.11 Å². The third-order valence-electron chi connectivity index (χ3n) is 3.66. The molecule has 1 heterocycles. The van der Waals surface area contributed by atoms with Crippen LogP contribution in [0.3, 0.4) is 0 Å². The lowest BCUT2D eigenvalue weighted by Gasteiger charge is -2.33. The molecule has 1 saturated heterocycles. The fourth-order valence-corrected chi connectivity index (χ4v) is 2.14. The van der Waals surface area contributed by atoms with Crippen molar-refractivity contribution >= 4 is 5.91 Å². The first-order valence-corrected chi connectivity index (χ1v) is 6.21. The minimum absolute atomic E-state index is 0.0200. The smallest absolute Gasteiger partial charge is 0.239 e. The van der Waals surface area contributed by atoms with Gasteiger partial charge in [-0.1, -0.05) is 13.3 Å². The van der Waals surface area contributed by atoms with E-state index in [2.05, 4.69) is 12.2 Å². The largest absolute Gasteiger partial charge is 0.394 e. The van der Waals surface area contributed by atoms with Crippen molar-refractivity contribution < 1.29 is 9.90 Å². The Morgan fingerprint density at radius 2 is 2.31 bits per heavy atom. The molecule has 0 bridgehead atoms. The van der Waals surface area contributed by atoms with E-state index in [-0.39, 0.29) is 24.6 Å². The summed E-state index contributed by atoms with van der Waals surface area (Å²) in [5.74, 6) is 0.771. The lowest BCUT2D eigenvalue weighted by Crippen LogP contribution is -2.51. The third kappa shape index (κ3) is 3.19. The zero-order valence-corrected chi connectivity index (χ0v) is 10.6. The maximum Gasteiger partial charge on any atom is 0.239 e. The molecule has 1 fully saturated rings. The Bertz CT molecular complexity index is 233. The molecule has 3 unspecified atom stereocenters. The molecule has 0 aliphatic carbocycles. The molecule has 1 aliphatic heterocycles. The molecule has 4 nitrogen and oxygen atoms in total. The Labute approximate surface area is 98.0 Å². The van der Waals surface area contributed by atoms with Gasteiger partial charge in [0.15, 0.2) is 0 Å². The standard InChI is InChI=1S/C12H24N2O2/c1-4-10-5-6-13-11(7-10)12(16)14(3)9(2)8-15/h9-11,13,15H,4-8H2,1-3H3. The molecular weight excluding hydrogens is 204 g/mol. The van der Waals surface area contributed by atoms with Crippen molar-refractivity contribution in [1.82, 2.24) is 10.2 Å². The van der Waals surface area contributed by atoms with Crippen molar-refractivity contribution in [3.05, 3.63) is 0 Å². The van der Waals surface area contributed by atoms with Gasteiger partial charge in [0.25, 0.3) is 0 Å². The number of carbonyl (C=O) groups excluding carboxylic acids is 1. The highest BCUT2D eigenvalue weighted by molar-refractivity contribution is 5.82. The van der Waals surface area contributed by atoms with E-state index in [0.717, 1.165) is 19.4 Å². The van der Waals surface area contributed by atoms with Gasteiger partial charge in [0.05, 0.1) is 18.7 Å². The van der Waals surface area contributed by atoms with E-state index < -0.39 is 0 Å². The minimum Gasteiger partial charge on any atom is -0.394 e. The van der Waals surface area contributed by atoms with Crippen molar-refractivity contribution in [1.29, 1.82) is 0 Å². The van der Waals surface area contributed by atoms with Crippen molar-refractivity contribution in [2.45, 2.75) is 45.2 Å². The molecule has 4 heteroatoms. The lowest BCUT2D eigenvalue weighted by molar-refractivity contribution is -0.135. The quantitative estimate of drug-likeness (QED) is 0.741. The Balaban J connectivity index is 2.52. The summed E-state index contributed by atoms with van der Waals surface area (Å²) >= 11 is 0. The van der Waals surface area contributed by atoms with Crippen LogP contribution in [-0.2, 0) is 4.79 Å². The second kappa shape index (κ2) is 6.21. The first-order chi connectivity index (χ1) is 7.60. The number of amides is 1. The number of nitrogens with zero attached hydrogens (tertiary/aromatic N) is 1. The number of aliphatic hydroxyl groups excluding tert-OH is 1. The summed E-state index contributed by atoms with van der Waals surface area (Å²) in [7, 11) is 1.76. The van der Waals surface area contributed by atoms with Gasteiger partial charge in [-0.15, -0.1) is 0 Å². The number of carbonyl (C=O) groups is 1. The van der Waals surface area contributed by atoms with Gasteiger partial charge in [0.1, 0.15) is 0 Å². The maximum absolute atomic E-state index is 12.1. The summed E-state index contributed by atoms with van der Waals surface area (Å²) in [5.41, 5.74) is 0. The van der Waals surface area contributed by atoms with Crippen LogP contribution in [0.5, 0.6) is 0 Å². The Kier molecular flexibility index (Phi) is 5.22. The van der Waals surface area contributed by atoms with Gasteiger partial charge in [-0.3, -0.25) is 4.79 Å². The molecule has 0 radical (unpaired) electrons.